The molecular formula is C11H16. The Balaban J connectivity index is 2.30. The van der Waals surface area contributed by atoms with Gasteiger partial charge in [0, 0.05) is 0 Å². The first-order valence-electron chi connectivity index (χ1n) is 4.26. The van der Waals surface area contributed by atoms with Gasteiger partial charge in [0.15, 0.2) is 0 Å². The third kappa shape index (κ3) is 2.38. The first-order chi connectivity index (χ1) is 5.36. The molecule has 0 saturated heterocycles. The Morgan fingerprint density at radius 1 is 1.45 bits per heavy atom. The molecule has 1 rings (SSSR count). The summed E-state index contributed by atoms with van der Waals surface area (Å²) in [5.74, 6) is 0.836. The maximum absolute atomic E-state index is 3.75. The zero-order chi connectivity index (χ0) is 8.10. The minimum absolute atomic E-state index is 0.836. The molecule has 0 spiro atoms. The van der Waals surface area contributed by atoms with E-state index in [0.717, 1.165) is 18.8 Å². The molecule has 0 N–H and O–H groups in total. The highest BCUT2D eigenvalue weighted by molar-refractivity contribution is 5.13. The highest BCUT2D eigenvalue weighted by Gasteiger charge is 2.13. The van der Waals surface area contributed by atoms with Crippen molar-refractivity contribution in [3.63, 3.8) is 0 Å². The Morgan fingerprint density at radius 2 is 2.27 bits per heavy atom. The molecule has 0 radical (unpaired) electrons. The first kappa shape index (κ1) is 8.32. The SMILES string of the molecule is C=CCC1=CCC(CC=C)C1. The molecule has 0 nitrogen and oxygen atoms in total. The summed E-state index contributed by atoms with van der Waals surface area (Å²) >= 11 is 0. The van der Waals surface area contributed by atoms with Gasteiger partial charge in [0.05, 0.1) is 0 Å². The van der Waals surface area contributed by atoms with Crippen LogP contribution in [0.25, 0.3) is 0 Å². The van der Waals surface area contributed by atoms with Crippen LogP contribution in [0.15, 0.2) is 37.0 Å². The van der Waals surface area contributed by atoms with Crippen molar-refractivity contribution in [2.75, 3.05) is 0 Å². The van der Waals surface area contributed by atoms with E-state index in [1.165, 1.54) is 12.8 Å². The van der Waals surface area contributed by atoms with Crippen LogP contribution >= 0.6 is 0 Å². The zero-order valence-electron chi connectivity index (χ0n) is 7.05. The molecule has 0 aromatic heterocycles. The van der Waals surface area contributed by atoms with Crippen LogP contribution in [0.4, 0.5) is 0 Å². The highest BCUT2D eigenvalue weighted by Crippen LogP contribution is 2.29. The summed E-state index contributed by atoms with van der Waals surface area (Å²) in [6.07, 6.45) is 11.1. The minimum atomic E-state index is 0.836. The van der Waals surface area contributed by atoms with Crippen LogP contribution in [0, 0.1) is 5.92 Å². The molecule has 0 heterocycles. The second-order valence-electron chi connectivity index (χ2n) is 3.19. The molecule has 0 fully saturated rings. The van der Waals surface area contributed by atoms with Crippen LogP contribution in [-0.4, -0.2) is 0 Å². The fourth-order valence-corrected chi connectivity index (χ4v) is 1.64. The van der Waals surface area contributed by atoms with Gasteiger partial charge in [0.1, 0.15) is 0 Å². The summed E-state index contributed by atoms with van der Waals surface area (Å²) in [6.45, 7) is 7.49. The van der Waals surface area contributed by atoms with Crippen molar-refractivity contribution >= 4 is 0 Å². The predicted molar refractivity (Wildman–Crippen MR) is 50.4 cm³/mol. The Bertz CT molecular complexity index is 174. The second kappa shape index (κ2) is 4.17. The van der Waals surface area contributed by atoms with E-state index in [0.29, 0.717) is 0 Å². The van der Waals surface area contributed by atoms with E-state index in [1.54, 1.807) is 5.57 Å². The summed E-state index contributed by atoms with van der Waals surface area (Å²) in [5.41, 5.74) is 1.56. The molecule has 1 unspecified atom stereocenters. The van der Waals surface area contributed by atoms with Crippen LogP contribution in [-0.2, 0) is 0 Å². The van der Waals surface area contributed by atoms with Crippen molar-refractivity contribution in [3.8, 4) is 0 Å². The van der Waals surface area contributed by atoms with Gasteiger partial charge in [-0.15, -0.1) is 13.2 Å². The maximum atomic E-state index is 3.75. The van der Waals surface area contributed by atoms with Crippen molar-refractivity contribution in [1.29, 1.82) is 0 Å². The Labute approximate surface area is 69.3 Å². The fourth-order valence-electron chi connectivity index (χ4n) is 1.64. The van der Waals surface area contributed by atoms with Crippen LogP contribution in [0.5, 0.6) is 0 Å². The second-order valence-corrected chi connectivity index (χ2v) is 3.19. The third-order valence-electron chi connectivity index (χ3n) is 2.20. The van der Waals surface area contributed by atoms with Gasteiger partial charge in [0.25, 0.3) is 0 Å². The Hall–Kier alpha value is -0.780. The first-order valence-corrected chi connectivity index (χ1v) is 4.26. The lowest BCUT2D eigenvalue weighted by molar-refractivity contribution is 0.570. The summed E-state index contributed by atoms with van der Waals surface area (Å²) in [7, 11) is 0. The van der Waals surface area contributed by atoms with Gasteiger partial charge in [0.2, 0.25) is 0 Å². The van der Waals surface area contributed by atoms with Gasteiger partial charge in [-0.1, -0.05) is 23.8 Å². The van der Waals surface area contributed by atoms with Gasteiger partial charge in [-0.2, -0.15) is 0 Å². The average Bonchev–Trinajstić information content (AvgIpc) is 2.38. The summed E-state index contributed by atoms with van der Waals surface area (Å²) < 4.78 is 0. The predicted octanol–water partition coefficient (Wildman–Crippen LogP) is 3.48. The molecule has 0 bridgehead atoms. The van der Waals surface area contributed by atoms with E-state index in [-0.39, 0.29) is 0 Å². The molecule has 0 aliphatic heterocycles. The molecule has 1 atom stereocenters. The topological polar surface area (TPSA) is 0 Å². The fraction of sp³-hybridized carbons (Fsp3) is 0.455. The van der Waals surface area contributed by atoms with Crippen molar-refractivity contribution in [2.45, 2.75) is 25.7 Å². The van der Waals surface area contributed by atoms with E-state index < -0.39 is 0 Å². The molecule has 11 heavy (non-hydrogen) atoms. The highest BCUT2D eigenvalue weighted by atomic mass is 14.2. The number of rotatable bonds is 4. The third-order valence-corrected chi connectivity index (χ3v) is 2.20. The van der Waals surface area contributed by atoms with E-state index in [9.17, 15) is 0 Å². The van der Waals surface area contributed by atoms with Gasteiger partial charge in [-0.05, 0) is 31.6 Å². The average molecular weight is 148 g/mol. The van der Waals surface area contributed by atoms with Crippen LogP contribution in [0.1, 0.15) is 25.7 Å². The maximum Gasteiger partial charge on any atom is -0.0141 e. The molecule has 0 aromatic rings. The summed E-state index contributed by atoms with van der Waals surface area (Å²) in [5, 5.41) is 0. The monoisotopic (exact) mass is 148 g/mol. The molecular weight excluding hydrogens is 132 g/mol. The molecule has 0 amide bonds. The van der Waals surface area contributed by atoms with E-state index in [1.807, 2.05) is 12.2 Å². The lowest BCUT2D eigenvalue weighted by Crippen LogP contribution is -1.91. The summed E-state index contributed by atoms with van der Waals surface area (Å²) in [6, 6.07) is 0. The number of allylic oxidation sites excluding steroid dienone is 4. The van der Waals surface area contributed by atoms with Gasteiger partial charge >= 0.3 is 0 Å². The lowest BCUT2D eigenvalue weighted by Gasteiger charge is -2.04. The molecule has 0 aromatic carbocycles. The molecule has 60 valence electrons. The quantitative estimate of drug-likeness (QED) is 0.535. The normalized spacial score (nSPS) is 22.9. The number of hydrogen-bond acceptors (Lipinski definition) is 0. The van der Waals surface area contributed by atoms with Crippen LogP contribution in [0.3, 0.4) is 0 Å². The smallest absolute Gasteiger partial charge is 0.0141 e. The van der Waals surface area contributed by atoms with E-state index in [4.69, 9.17) is 0 Å². The van der Waals surface area contributed by atoms with Gasteiger partial charge < -0.3 is 0 Å². The standard InChI is InChI=1S/C11H16/c1-3-5-10-7-8-11(9-10)6-4-2/h3-4,7,11H,1-2,5-6,8-9H2. The van der Waals surface area contributed by atoms with Crippen molar-refractivity contribution < 1.29 is 0 Å². The minimum Gasteiger partial charge on any atom is -0.103 e. The molecule has 0 heteroatoms. The largest absolute Gasteiger partial charge is 0.103 e. The van der Waals surface area contributed by atoms with Crippen molar-refractivity contribution in [2.24, 2.45) is 5.92 Å². The zero-order valence-corrected chi connectivity index (χ0v) is 7.05. The molecule has 1 aliphatic rings. The van der Waals surface area contributed by atoms with Crippen molar-refractivity contribution in [1.82, 2.24) is 0 Å². The Kier molecular flexibility index (Phi) is 3.15. The molecule has 0 saturated carbocycles. The Morgan fingerprint density at radius 3 is 2.91 bits per heavy atom. The molecule has 1 aliphatic carbocycles. The van der Waals surface area contributed by atoms with Gasteiger partial charge in [-0.3, -0.25) is 0 Å². The van der Waals surface area contributed by atoms with Gasteiger partial charge in [-0.25, -0.2) is 0 Å². The summed E-state index contributed by atoms with van der Waals surface area (Å²) in [4.78, 5) is 0. The van der Waals surface area contributed by atoms with E-state index >= 15 is 0 Å². The van der Waals surface area contributed by atoms with E-state index in [2.05, 4.69) is 19.2 Å². The lowest BCUT2D eigenvalue weighted by atomic mass is 10.0. The van der Waals surface area contributed by atoms with Crippen LogP contribution < -0.4 is 0 Å². The van der Waals surface area contributed by atoms with Crippen LogP contribution in [0.2, 0.25) is 0 Å². The number of hydrogen-bond donors (Lipinski definition) is 0. The van der Waals surface area contributed by atoms with Crippen molar-refractivity contribution in [3.05, 3.63) is 37.0 Å².